The topological polar surface area (TPSA) is 81.4 Å². The molecular formula is C16H15N5O2. The molecule has 23 heavy (non-hydrogen) atoms. The van der Waals surface area contributed by atoms with E-state index in [-0.39, 0.29) is 12.5 Å². The van der Waals surface area contributed by atoms with Gasteiger partial charge in [-0.3, -0.25) is 4.79 Å². The van der Waals surface area contributed by atoms with Crippen molar-refractivity contribution in [3.05, 3.63) is 54.1 Å². The molecule has 7 nitrogen and oxygen atoms in total. The lowest BCUT2D eigenvalue weighted by Gasteiger charge is -2.03. The molecule has 0 fully saturated rings. The van der Waals surface area contributed by atoms with E-state index in [1.165, 1.54) is 10.9 Å². The van der Waals surface area contributed by atoms with Crippen LogP contribution >= 0.6 is 0 Å². The SMILES string of the molecule is COc1ccccc1/C=N\NC(=O)Cn1nnc2ccccc21. The molecule has 1 aromatic heterocycles. The summed E-state index contributed by atoms with van der Waals surface area (Å²) in [5, 5.41) is 11.9. The lowest BCUT2D eigenvalue weighted by atomic mass is 10.2. The zero-order valence-electron chi connectivity index (χ0n) is 12.5. The predicted molar refractivity (Wildman–Crippen MR) is 86.3 cm³/mol. The van der Waals surface area contributed by atoms with Gasteiger partial charge in [0.15, 0.2) is 0 Å². The van der Waals surface area contributed by atoms with E-state index >= 15 is 0 Å². The number of aromatic nitrogens is 3. The second-order valence-electron chi connectivity index (χ2n) is 4.77. The van der Waals surface area contributed by atoms with Crippen molar-refractivity contribution in [1.29, 1.82) is 0 Å². The average molecular weight is 309 g/mol. The Morgan fingerprint density at radius 1 is 1.26 bits per heavy atom. The third-order valence-electron chi connectivity index (χ3n) is 3.25. The molecule has 1 N–H and O–H groups in total. The van der Waals surface area contributed by atoms with Crippen LogP contribution in [0.15, 0.2) is 53.6 Å². The Morgan fingerprint density at radius 3 is 2.91 bits per heavy atom. The van der Waals surface area contributed by atoms with Crippen LogP contribution in [0.2, 0.25) is 0 Å². The summed E-state index contributed by atoms with van der Waals surface area (Å²) >= 11 is 0. The highest BCUT2D eigenvalue weighted by Gasteiger charge is 2.07. The Kier molecular flexibility index (Phi) is 4.28. The molecule has 2 aromatic carbocycles. The van der Waals surface area contributed by atoms with Gasteiger partial charge in [0.25, 0.3) is 5.91 Å². The van der Waals surface area contributed by atoms with Crippen LogP contribution in [-0.2, 0) is 11.3 Å². The van der Waals surface area contributed by atoms with E-state index in [4.69, 9.17) is 4.74 Å². The molecule has 3 rings (SSSR count). The number of para-hydroxylation sites is 2. The first-order valence-corrected chi connectivity index (χ1v) is 7.01. The Bertz CT molecular complexity index is 856. The quantitative estimate of drug-likeness (QED) is 0.573. The molecule has 0 saturated carbocycles. The van der Waals surface area contributed by atoms with Crippen molar-refractivity contribution in [3.63, 3.8) is 0 Å². The summed E-state index contributed by atoms with van der Waals surface area (Å²) in [6.45, 7) is 0.0454. The Morgan fingerprint density at radius 2 is 2.04 bits per heavy atom. The van der Waals surface area contributed by atoms with Crippen molar-refractivity contribution >= 4 is 23.2 Å². The van der Waals surface area contributed by atoms with Crippen LogP contribution in [0.25, 0.3) is 11.0 Å². The van der Waals surface area contributed by atoms with E-state index in [0.717, 1.165) is 16.6 Å². The lowest BCUT2D eigenvalue weighted by molar-refractivity contribution is -0.121. The molecule has 0 atom stereocenters. The third-order valence-corrected chi connectivity index (χ3v) is 3.25. The van der Waals surface area contributed by atoms with Crippen molar-refractivity contribution < 1.29 is 9.53 Å². The van der Waals surface area contributed by atoms with Crippen LogP contribution in [0.5, 0.6) is 5.75 Å². The summed E-state index contributed by atoms with van der Waals surface area (Å²) in [6.07, 6.45) is 1.54. The standard InChI is InChI=1S/C16H15N5O2/c1-23-15-9-5-2-6-12(15)10-17-19-16(22)11-21-14-8-4-3-7-13(14)18-20-21/h2-10H,11H2,1H3,(H,19,22)/b17-10-. The van der Waals surface area contributed by atoms with Gasteiger partial charge < -0.3 is 4.74 Å². The minimum atomic E-state index is -0.285. The van der Waals surface area contributed by atoms with Gasteiger partial charge >= 0.3 is 0 Å². The van der Waals surface area contributed by atoms with Gasteiger partial charge in [-0.05, 0) is 24.3 Å². The second-order valence-corrected chi connectivity index (χ2v) is 4.77. The molecule has 0 aliphatic rings. The minimum absolute atomic E-state index is 0.0454. The highest BCUT2D eigenvalue weighted by atomic mass is 16.5. The molecule has 0 spiro atoms. The van der Waals surface area contributed by atoms with Crippen molar-refractivity contribution in [2.45, 2.75) is 6.54 Å². The molecular weight excluding hydrogens is 294 g/mol. The highest BCUT2D eigenvalue weighted by Crippen LogP contribution is 2.14. The zero-order valence-corrected chi connectivity index (χ0v) is 12.5. The molecule has 1 heterocycles. The average Bonchev–Trinajstić information content (AvgIpc) is 2.98. The van der Waals surface area contributed by atoms with Crippen LogP contribution in [-0.4, -0.2) is 34.2 Å². The maximum Gasteiger partial charge on any atom is 0.261 e. The maximum atomic E-state index is 12.0. The highest BCUT2D eigenvalue weighted by molar-refractivity contribution is 5.85. The number of benzene rings is 2. The normalized spacial score (nSPS) is 11.0. The molecule has 116 valence electrons. The van der Waals surface area contributed by atoms with Gasteiger partial charge in [0.2, 0.25) is 0 Å². The minimum Gasteiger partial charge on any atom is -0.496 e. The van der Waals surface area contributed by atoms with E-state index in [9.17, 15) is 4.79 Å². The third kappa shape index (κ3) is 3.34. The molecule has 3 aromatic rings. The van der Waals surface area contributed by atoms with E-state index < -0.39 is 0 Å². The van der Waals surface area contributed by atoms with Crippen LogP contribution in [0.3, 0.4) is 0 Å². The predicted octanol–water partition coefficient (Wildman–Crippen LogP) is 1.59. The van der Waals surface area contributed by atoms with E-state index in [1.807, 2.05) is 48.5 Å². The first-order valence-electron chi connectivity index (χ1n) is 7.01. The first-order chi connectivity index (χ1) is 11.3. The van der Waals surface area contributed by atoms with Gasteiger partial charge in [0.1, 0.15) is 17.8 Å². The van der Waals surface area contributed by atoms with Crippen LogP contribution in [0.1, 0.15) is 5.56 Å². The van der Waals surface area contributed by atoms with E-state index in [2.05, 4.69) is 20.8 Å². The largest absolute Gasteiger partial charge is 0.496 e. The fourth-order valence-electron chi connectivity index (χ4n) is 2.15. The van der Waals surface area contributed by atoms with Crippen molar-refractivity contribution in [2.75, 3.05) is 7.11 Å². The Labute approximate surface area is 132 Å². The van der Waals surface area contributed by atoms with Gasteiger partial charge in [-0.2, -0.15) is 5.10 Å². The number of nitrogens with one attached hydrogen (secondary N) is 1. The van der Waals surface area contributed by atoms with E-state index in [0.29, 0.717) is 5.75 Å². The van der Waals surface area contributed by atoms with Crippen molar-refractivity contribution in [2.24, 2.45) is 5.10 Å². The van der Waals surface area contributed by atoms with Crippen molar-refractivity contribution in [1.82, 2.24) is 20.4 Å². The van der Waals surface area contributed by atoms with Gasteiger partial charge in [-0.1, -0.05) is 29.5 Å². The molecule has 0 aliphatic carbocycles. The molecule has 0 saturated heterocycles. The number of nitrogens with zero attached hydrogens (tertiary/aromatic N) is 4. The summed E-state index contributed by atoms with van der Waals surface area (Å²) in [5.41, 5.74) is 4.80. The number of rotatable bonds is 5. The number of fused-ring (bicyclic) bond motifs is 1. The number of carbonyl (C=O) groups is 1. The molecule has 0 aliphatic heterocycles. The summed E-state index contributed by atoms with van der Waals surface area (Å²) < 4.78 is 6.74. The number of ether oxygens (including phenoxy) is 1. The molecule has 0 unspecified atom stereocenters. The zero-order chi connectivity index (χ0) is 16.1. The number of carbonyl (C=O) groups excluding carboxylic acids is 1. The van der Waals surface area contributed by atoms with Crippen LogP contribution < -0.4 is 10.2 Å². The van der Waals surface area contributed by atoms with Crippen molar-refractivity contribution in [3.8, 4) is 5.75 Å². The molecule has 0 radical (unpaired) electrons. The second kappa shape index (κ2) is 6.69. The molecule has 7 heteroatoms. The van der Waals surface area contributed by atoms with Gasteiger partial charge in [0, 0.05) is 5.56 Å². The Hall–Kier alpha value is -3.22. The van der Waals surface area contributed by atoms with Gasteiger partial charge in [0.05, 0.1) is 18.8 Å². The van der Waals surface area contributed by atoms with Crippen LogP contribution in [0.4, 0.5) is 0 Å². The lowest BCUT2D eigenvalue weighted by Crippen LogP contribution is -2.23. The van der Waals surface area contributed by atoms with Gasteiger partial charge in [-0.15, -0.1) is 5.10 Å². The summed E-state index contributed by atoms with van der Waals surface area (Å²) in [6, 6.07) is 14.9. The number of hydrogen-bond acceptors (Lipinski definition) is 5. The monoisotopic (exact) mass is 309 g/mol. The molecule has 0 bridgehead atoms. The summed E-state index contributed by atoms with van der Waals surface area (Å²) in [4.78, 5) is 12.0. The maximum absolute atomic E-state index is 12.0. The smallest absolute Gasteiger partial charge is 0.261 e. The van der Waals surface area contributed by atoms with Crippen LogP contribution in [0, 0.1) is 0 Å². The number of amides is 1. The first kappa shape index (κ1) is 14.7. The van der Waals surface area contributed by atoms with E-state index in [1.54, 1.807) is 7.11 Å². The van der Waals surface area contributed by atoms with Gasteiger partial charge in [-0.25, -0.2) is 10.1 Å². The Balaban J connectivity index is 1.65. The number of hydrogen-bond donors (Lipinski definition) is 1. The fourth-order valence-corrected chi connectivity index (χ4v) is 2.15. The summed E-state index contributed by atoms with van der Waals surface area (Å²) in [7, 11) is 1.58. The fraction of sp³-hybridized carbons (Fsp3) is 0.125. The molecule has 1 amide bonds. The summed E-state index contributed by atoms with van der Waals surface area (Å²) in [5.74, 6) is 0.402. The number of hydrazone groups is 1. The number of methoxy groups -OCH3 is 1.